The van der Waals surface area contributed by atoms with Crippen molar-refractivity contribution in [1.82, 2.24) is 9.80 Å². The van der Waals surface area contributed by atoms with Crippen LogP contribution < -0.4 is 10.2 Å². The smallest absolute Gasteiger partial charge is 0.226 e. The molecule has 6 heteroatoms. The molecule has 2 amide bonds. The Hall–Kier alpha value is -3.12. The van der Waals surface area contributed by atoms with Gasteiger partial charge in [-0.25, -0.2) is 0 Å². The van der Waals surface area contributed by atoms with Gasteiger partial charge in [0.05, 0.1) is 23.8 Å². The zero-order chi connectivity index (χ0) is 21.8. The Morgan fingerprint density at radius 1 is 1.00 bits per heavy atom. The van der Waals surface area contributed by atoms with Crippen molar-refractivity contribution in [3.8, 4) is 0 Å². The van der Waals surface area contributed by atoms with Crippen molar-refractivity contribution >= 4 is 29.3 Å². The molecule has 0 bridgehead atoms. The van der Waals surface area contributed by atoms with Gasteiger partial charge >= 0.3 is 0 Å². The number of carbonyl (C=O) groups is 2. The van der Waals surface area contributed by atoms with Crippen LogP contribution in [0.3, 0.4) is 0 Å². The molecule has 1 N–H and O–H groups in total. The molecule has 2 heterocycles. The molecule has 1 saturated heterocycles. The number of carbonyl (C=O) groups excluding carboxylic acids is 2. The van der Waals surface area contributed by atoms with Crippen molar-refractivity contribution in [2.75, 3.05) is 42.9 Å². The molecule has 0 aromatic heterocycles. The van der Waals surface area contributed by atoms with Gasteiger partial charge in [0, 0.05) is 39.3 Å². The van der Waals surface area contributed by atoms with E-state index in [1.807, 2.05) is 48.5 Å². The highest BCUT2D eigenvalue weighted by atomic mass is 16.2. The van der Waals surface area contributed by atoms with Crippen molar-refractivity contribution in [3.05, 3.63) is 65.9 Å². The monoisotopic (exact) mass is 418 g/mol. The summed E-state index contributed by atoms with van der Waals surface area (Å²) in [6, 6.07) is 15.6. The zero-order valence-corrected chi connectivity index (χ0v) is 18.3. The molecule has 2 aliphatic rings. The van der Waals surface area contributed by atoms with Crippen LogP contribution in [0, 0.1) is 0 Å². The minimum Gasteiger partial charge on any atom is -0.367 e. The molecule has 4 rings (SSSR count). The average Bonchev–Trinajstić information content (AvgIpc) is 2.79. The van der Waals surface area contributed by atoms with Crippen molar-refractivity contribution in [2.45, 2.75) is 26.3 Å². The third kappa shape index (κ3) is 4.64. The molecule has 6 nitrogen and oxygen atoms in total. The number of amides is 2. The van der Waals surface area contributed by atoms with Crippen molar-refractivity contribution < 1.29 is 9.59 Å². The van der Waals surface area contributed by atoms with Crippen LogP contribution in [-0.4, -0.2) is 54.3 Å². The van der Waals surface area contributed by atoms with E-state index in [0.717, 1.165) is 55.2 Å². The molecule has 2 aromatic rings. The van der Waals surface area contributed by atoms with Crippen molar-refractivity contribution in [1.29, 1.82) is 0 Å². The predicted octanol–water partition coefficient (Wildman–Crippen LogP) is 3.73. The lowest BCUT2D eigenvalue weighted by molar-refractivity contribution is -0.129. The fourth-order valence-electron chi connectivity index (χ4n) is 4.45. The third-order valence-electron chi connectivity index (χ3n) is 6.19. The fraction of sp³-hybridized carbons (Fsp3) is 0.360. The number of likely N-dealkylation sites (N-methyl/N-ethyl adjacent to an activating group) is 1. The van der Waals surface area contributed by atoms with Crippen molar-refractivity contribution in [3.63, 3.8) is 0 Å². The van der Waals surface area contributed by atoms with E-state index in [-0.39, 0.29) is 24.3 Å². The Balaban J connectivity index is 1.50. The maximum Gasteiger partial charge on any atom is 0.226 e. The van der Waals surface area contributed by atoms with E-state index in [2.05, 4.69) is 28.1 Å². The molecule has 0 unspecified atom stereocenters. The number of para-hydroxylation sites is 2. The van der Waals surface area contributed by atoms with Gasteiger partial charge in [-0.15, -0.1) is 0 Å². The predicted molar refractivity (Wildman–Crippen MR) is 125 cm³/mol. The van der Waals surface area contributed by atoms with Gasteiger partial charge in [-0.05, 0) is 35.9 Å². The molecular weight excluding hydrogens is 388 g/mol. The number of anilines is 2. The normalized spacial score (nSPS) is 18.6. The highest BCUT2D eigenvalue weighted by Crippen LogP contribution is 2.34. The topological polar surface area (TPSA) is 55.9 Å². The lowest BCUT2D eigenvalue weighted by Crippen LogP contribution is -2.46. The Morgan fingerprint density at radius 2 is 1.71 bits per heavy atom. The second kappa shape index (κ2) is 9.35. The summed E-state index contributed by atoms with van der Waals surface area (Å²) in [5.74, 6) is -0.168. The number of hydrogen-bond acceptors (Lipinski definition) is 4. The highest BCUT2D eigenvalue weighted by molar-refractivity contribution is 5.95. The molecule has 2 aliphatic heterocycles. The second-order valence-corrected chi connectivity index (χ2v) is 8.08. The van der Waals surface area contributed by atoms with Gasteiger partial charge in [-0.1, -0.05) is 43.3 Å². The zero-order valence-electron chi connectivity index (χ0n) is 18.3. The Labute approximate surface area is 184 Å². The first kappa shape index (κ1) is 21.1. The first-order valence-corrected chi connectivity index (χ1v) is 11.0. The molecule has 1 atom stereocenters. The van der Waals surface area contributed by atoms with Gasteiger partial charge in [-0.3, -0.25) is 9.59 Å². The standard InChI is InChI=1S/C25H30N4O2/c1-3-27-14-16-28(17-15-27)23-11-7-6-10-22(23)26-25(31)18-24-21-9-5-4-8-20(21)12-13-29(24)19(2)30/h4-13,24H,3,14-18H2,1-2H3,(H,26,31)/t24-/m1/s1. The van der Waals surface area contributed by atoms with Gasteiger partial charge < -0.3 is 20.0 Å². The average molecular weight is 419 g/mol. The largest absolute Gasteiger partial charge is 0.367 e. The van der Waals surface area contributed by atoms with Gasteiger partial charge in [0.25, 0.3) is 0 Å². The number of piperazine rings is 1. The lowest BCUT2D eigenvalue weighted by Gasteiger charge is -2.36. The summed E-state index contributed by atoms with van der Waals surface area (Å²) in [6.07, 6.45) is 3.92. The number of rotatable bonds is 5. The van der Waals surface area contributed by atoms with Crippen LogP contribution in [0.5, 0.6) is 0 Å². The molecule has 0 saturated carbocycles. The molecule has 1 fully saturated rings. The summed E-state index contributed by atoms with van der Waals surface area (Å²) in [5.41, 5.74) is 3.93. The summed E-state index contributed by atoms with van der Waals surface area (Å²) in [5, 5.41) is 3.11. The minimum absolute atomic E-state index is 0.0715. The van der Waals surface area contributed by atoms with Crippen LogP contribution in [0.2, 0.25) is 0 Å². The number of nitrogens with one attached hydrogen (secondary N) is 1. The lowest BCUT2D eigenvalue weighted by atomic mass is 9.93. The molecule has 0 spiro atoms. The van der Waals surface area contributed by atoms with E-state index in [1.165, 1.54) is 6.92 Å². The van der Waals surface area contributed by atoms with E-state index < -0.39 is 0 Å². The molecular formula is C25H30N4O2. The van der Waals surface area contributed by atoms with Crippen LogP contribution in [0.15, 0.2) is 54.7 Å². The number of nitrogens with zero attached hydrogens (tertiary/aromatic N) is 3. The second-order valence-electron chi connectivity index (χ2n) is 8.08. The molecule has 0 radical (unpaired) electrons. The van der Waals surface area contributed by atoms with Crippen LogP contribution in [0.4, 0.5) is 11.4 Å². The third-order valence-corrected chi connectivity index (χ3v) is 6.19. The number of fused-ring (bicyclic) bond motifs is 1. The fourth-order valence-corrected chi connectivity index (χ4v) is 4.45. The maximum atomic E-state index is 13.1. The Kier molecular flexibility index (Phi) is 6.37. The van der Waals surface area contributed by atoms with Crippen molar-refractivity contribution in [2.24, 2.45) is 0 Å². The molecule has 162 valence electrons. The van der Waals surface area contributed by atoms with Crippen LogP contribution in [0.25, 0.3) is 6.08 Å². The first-order chi connectivity index (χ1) is 15.1. The van der Waals surface area contributed by atoms with E-state index in [1.54, 1.807) is 11.1 Å². The van der Waals surface area contributed by atoms with Gasteiger partial charge in [0.2, 0.25) is 11.8 Å². The van der Waals surface area contributed by atoms with Crippen LogP contribution in [-0.2, 0) is 9.59 Å². The summed E-state index contributed by atoms with van der Waals surface area (Å²) in [4.78, 5) is 31.7. The number of hydrogen-bond donors (Lipinski definition) is 1. The van der Waals surface area contributed by atoms with Gasteiger partial charge in [0.1, 0.15) is 0 Å². The first-order valence-electron chi connectivity index (χ1n) is 11.0. The van der Waals surface area contributed by atoms with E-state index in [9.17, 15) is 9.59 Å². The summed E-state index contributed by atoms with van der Waals surface area (Å²) >= 11 is 0. The van der Waals surface area contributed by atoms with Gasteiger partial charge in [0.15, 0.2) is 0 Å². The Bertz CT molecular complexity index is 979. The molecule has 2 aromatic carbocycles. The highest BCUT2D eigenvalue weighted by Gasteiger charge is 2.28. The van der Waals surface area contributed by atoms with Gasteiger partial charge in [-0.2, -0.15) is 0 Å². The van der Waals surface area contributed by atoms with Crippen LogP contribution >= 0.6 is 0 Å². The van der Waals surface area contributed by atoms with E-state index in [4.69, 9.17) is 0 Å². The summed E-state index contributed by atoms with van der Waals surface area (Å²) in [6.45, 7) is 8.73. The number of benzene rings is 2. The van der Waals surface area contributed by atoms with Crippen LogP contribution in [0.1, 0.15) is 37.4 Å². The quantitative estimate of drug-likeness (QED) is 0.804. The Morgan fingerprint density at radius 3 is 2.45 bits per heavy atom. The molecule has 0 aliphatic carbocycles. The van der Waals surface area contributed by atoms with E-state index in [0.29, 0.717) is 0 Å². The molecule has 31 heavy (non-hydrogen) atoms. The summed E-state index contributed by atoms with van der Waals surface area (Å²) < 4.78 is 0. The van der Waals surface area contributed by atoms with E-state index >= 15 is 0 Å². The summed E-state index contributed by atoms with van der Waals surface area (Å²) in [7, 11) is 0. The SMILES string of the molecule is CCN1CCN(c2ccccc2NC(=O)C[C@@H]2c3ccccc3C=CN2C(C)=O)CC1. The minimum atomic E-state index is -0.307. The maximum absolute atomic E-state index is 13.1.